The Labute approximate surface area is 157 Å². The van der Waals surface area contributed by atoms with Crippen molar-refractivity contribution in [3.63, 3.8) is 0 Å². The van der Waals surface area contributed by atoms with Gasteiger partial charge in [0.1, 0.15) is 6.17 Å². The van der Waals surface area contributed by atoms with Gasteiger partial charge >= 0.3 is 0 Å². The lowest BCUT2D eigenvalue weighted by Crippen LogP contribution is -2.32. The van der Waals surface area contributed by atoms with Gasteiger partial charge in [-0.2, -0.15) is 0 Å². The van der Waals surface area contributed by atoms with Crippen LogP contribution in [-0.2, 0) is 6.54 Å². The van der Waals surface area contributed by atoms with Gasteiger partial charge in [-0.3, -0.25) is 9.78 Å². The Morgan fingerprint density at radius 3 is 2.69 bits per heavy atom. The Hall–Kier alpha value is -2.85. The van der Waals surface area contributed by atoms with Crippen LogP contribution in [0.15, 0.2) is 66.9 Å². The molecule has 3 aromatic rings. The predicted molar refractivity (Wildman–Crippen MR) is 103 cm³/mol. The molecule has 0 saturated carbocycles. The number of hydrogen-bond acceptors (Lipinski definition) is 3. The van der Waals surface area contributed by atoms with E-state index < -0.39 is 0 Å². The highest BCUT2D eigenvalue weighted by molar-refractivity contribution is 6.33. The summed E-state index contributed by atoms with van der Waals surface area (Å²) in [5.41, 5.74) is 4.29. The summed E-state index contributed by atoms with van der Waals surface area (Å²) in [6, 6.07) is 19.4. The third-order valence-electron chi connectivity index (χ3n) is 4.51. The van der Waals surface area contributed by atoms with Crippen molar-refractivity contribution in [2.24, 2.45) is 0 Å². The molecule has 2 heterocycles. The van der Waals surface area contributed by atoms with Crippen molar-refractivity contribution in [3.05, 3.63) is 94.3 Å². The van der Waals surface area contributed by atoms with Crippen LogP contribution in [-0.4, -0.2) is 15.8 Å². The molecule has 1 unspecified atom stereocenters. The van der Waals surface area contributed by atoms with Crippen molar-refractivity contribution >= 4 is 23.2 Å². The maximum absolute atomic E-state index is 13.0. The van der Waals surface area contributed by atoms with E-state index in [2.05, 4.69) is 10.3 Å². The van der Waals surface area contributed by atoms with Crippen LogP contribution in [0, 0.1) is 6.92 Å². The minimum Gasteiger partial charge on any atom is -0.359 e. The summed E-state index contributed by atoms with van der Waals surface area (Å²) in [5, 5.41) is 4.03. The van der Waals surface area contributed by atoms with Gasteiger partial charge in [0, 0.05) is 12.7 Å². The molecule has 26 heavy (non-hydrogen) atoms. The van der Waals surface area contributed by atoms with Crippen molar-refractivity contribution in [2.45, 2.75) is 19.6 Å². The topological polar surface area (TPSA) is 45.2 Å². The van der Waals surface area contributed by atoms with Gasteiger partial charge in [-0.1, -0.05) is 48.0 Å². The molecule has 0 aliphatic carbocycles. The monoisotopic (exact) mass is 363 g/mol. The molecule has 0 saturated heterocycles. The molecule has 0 fully saturated rings. The van der Waals surface area contributed by atoms with E-state index in [4.69, 9.17) is 11.6 Å². The lowest BCUT2D eigenvalue weighted by molar-refractivity contribution is 0.0728. The number of amides is 1. The van der Waals surface area contributed by atoms with Crippen molar-refractivity contribution in [1.29, 1.82) is 0 Å². The number of anilines is 1. The number of hydrogen-bond donors (Lipinski definition) is 1. The van der Waals surface area contributed by atoms with Crippen LogP contribution in [0.2, 0.25) is 5.02 Å². The van der Waals surface area contributed by atoms with Gasteiger partial charge in [0.25, 0.3) is 5.91 Å². The average molecular weight is 364 g/mol. The quantitative estimate of drug-likeness (QED) is 0.723. The Kier molecular flexibility index (Phi) is 4.35. The van der Waals surface area contributed by atoms with E-state index in [1.54, 1.807) is 17.2 Å². The second kappa shape index (κ2) is 6.81. The number of benzene rings is 2. The van der Waals surface area contributed by atoms with E-state index in [1.165, 1.54) is 0 Å². The molecule has 1 amide bonds. The summed E-state index contributed by atoms with van der Waals surface area (Å²) in [6.45, 7) is 2.49. The first-order chi connectivity index (χ1) is 12.6. The van der Waals surface area contributed by atoms with Crippen LogP contribution in [0.1, 0.15) is 33.3 Å². The Bertz CT molecular complexity index is 958. The molecule has 0 radical (unpaired) electrons. The van der Waals surface area contributed by atoms with Crippen molar-refractivity contribution < 1.29 is 4.79 Å². The molecule has 4 nitrogen and oxygen atoms in total. The first-order valence-electron chi connectivity index (χ1n) is 8.46. The summed E-state index contributed by atoms with van der Waals surface area (Å²) < 4.78 is 0. The maximum atomic E-state index is 13.0. The van der Waals surface area contributed by atoms with Crippen LogP contribution >= 0.6 is 11.6 Å². The van der Waals surface area contributed by atoms with Gasteiger partial charge < -0.3 is 10.2 Å². The van der Waals surface area contributed by atoms with Crippen LogP contribution in [0.4, 0.5) is 5.69 Å². The molecule has 1 atom stereocenters. The number of pyridine rings is 1. The molecular weight excluding hydrogens is 346 g/mol. The minimum absolute atomic E-state index is 0.0299. The summed E-state index contributed by atoms with van der Waals surface area (Å²) in [6.07, 6.45) is 1.35. The zero-order chi connectivity index (χ0) is 18.1. The SMILES string of the molecule is Cc1ccc(NC2c3ncccc3C(=O)N2Cc2ccccc2)c(Cl)c1. The lowest BCUT2D eigenvalue weighted by atomic mass is 10.2. The third kappa shape index (κ3) is 3.04. The summed E-state index contributed by atoms with van der Waals surface area (Å²) >= 11 is 6.39. The Morgan fingerprint density at radius 2 is 1.92 bits per heavy atom. The largest absolute Gasteiger partial charge is 0.359 e. The zero-order valence-electron chi connectivity index (χ0n) is 14.3. The van der Waals surface area contributed by atoms with Gasteiger partial charge in [-0.15, -0.1) is 0 Å². The van der Waals surface area contributed by atoms with Crippen molar-refractivity contribution in [1.82, 2.24) is 9.88 Å². The second-order valence-corrected chi connectivity index (χ2v) is 6.79. The van der Waals surface area contributed by atoms with Gasteiger partial charge in [0.2, 0.25) is 0 Å². The lowest BCUT2D eigenvalue weighted by Gasteiger charge is -2.27. The Balaban J connectivity index is 1.71. The number of nitrogens with one attached hydrogen (secondary N) is 1. The van der Waals surface area contributed by atoms with E-state index >= 15 is 0 Å². The van der Waals surface area contributed by atoms with Gasteiger partial charge in [0.05, 0.1) is 22.0 Å². The number of fused-ring (bicyclic) bond motifs is 1. The van der Waals surface area contributed by atoms with Crippen molar-refractivity contribution in [2.75, 3.05) is 5.32 Å². The smallest absolute Gasteiger partial charge is 0.258 e. The first-order valence-corrected chi connectivity index (χ1v) is 8.84. The molecule has 0 bridgehead atoms. The summed E-state index contributed by atoms with van der Waals surface area (Å²) in [7, 11) is 0. The van der Waals surface area contributed by atoms with Gasteiger partial charge in [-0.05, 0) is 42.3 Å². The normalized spacial score (nSPS) is 15.8. The number of aromatic nitrogens is 1. The van der Waals surface area contributed by atoms with E-state index in [1.807, 2.05) is 61.5 Å². The summed E-state index contributed by atoms with van der Waals surface area (Å²) in [5.74, 6) is -0.0299. The highest BCUT2D eigenvalue weighted by atomic mass is 35.5. The molecule has 1 N–H and O–H groups in total. The maximum Gasteiger partial charge on any atom is 0.258 e. The first kappa shape index (κ1) is 16.6. The summed E-state index contributed by atoms with van der Waals surface area (Å²) in [4.78, 5) is 19.2. The second-order valence-electron chi connectivity index (χ2n) is 6.39. The molecule has 2 aromatic carbocycles. The van der Waals surface area contributed by atoms with E-state index in [-0.39, 0.29) is 12.1 Å². The Morgan fingerprint density at radius 1 is 1.12 bits per heavy atom. The standard InChI is InChI=1S/C21H18ClN3O/c1-14-9-10-18(17(22)12-14)24-20-19-16(8-5-11-23-19)21(26)25(20)13-15-6-3-2-4-7-15/h2-12,20,24H,13H2,1H3. The fraction of sp³-hybridized carbons (Fsp3) is 0.143. The number of carbonyl (C=O) groups excluding carboxylic acids is 1. The number of aryl methyl sites for hydroxylation is 1. The third-order valence-corrected chi connectivity index (χ3v) is 4.83. The predicted octanol–water partition coefficient (Wildman–Crippen LogP) is 4.81. The molecule has 130 valence electrons. The fourth-order valence-corrected chi connectivity index (χ4v) is 3.50. The number of halogens is 1. The number of rotatable bonds is 4. The van der Waals surface area contributed by atoms with E-state index in [9.17, 15) is 4.79 Å². The molecule has 4 rings (SSSR count). The number of carbonyl (C=O) groups is 1. The molecule has 1 aromatic heterocycles. The van der Waals surface area contributed by atoms with Crippen LogP contribution in [0.3, 0.4) is 0 Å². The van der Waals surface area contributed by atoms with E-state index in [0.29, 0.717) is 17.1 Å². The molecule has 5 heteroatoms. The van der Waals surface area contributed by atoms with Gasteiger partial charge in [0.15, 0.2) is 0 Å². The average Bonchev–Trinajstić information content (AvgIpc) is 2.91. The van der Waals surface area contributed by atoms with Crippen LogP contribution < -0.4 is 5.32 Å². The van der Waals surface area contributed by atoms with Crippen LogP contribution in [0.25, 0.3) is 0 Å². The highest BCUT2D eigenvalue weighted by Crippen LogP contribution is 2.36. The van der Waals surface area contributed by atoms with Gasteiger partial charge in [-0.25, -0.2) is 0 Å². The highest BCUT2D eigenvalue weighted by Gasteiger charge is 2.38. The van der Waals surface area contributed by atoms with E-state index in [0.717, 1.165) is 22.5 Å². The molecular formula is C21H18ClN3O. The minimum atomic E-state index is -0.362. The zero-order valence-corrected chi connectivity index (χ0v) is 15.1. The van der Waals surface area contributed by atoms with Crippen molar-refractivity contribution in [3.8, 4) is 0 Å². The molecule has 0 spiro atoms. The number of nitrogens with zero attached hydrogens (tertiary/aromatic N) is 2. The molecule has 1 aliphatic rings. The van der Waals surface area contributed by atoms with Crippen LogP contribution in [0.5, 0.6) is 0 Å². The molecule has 1 aliphatic heterocycles. The fourth-order valence-electron chi connectivity index (χ4n) is 3.21.